The Balaban J connectivity index is 1.83. The summed E-state index contributed by atoms with van der Waals surface area (Å²) < 4.78 is 5.27. The van der Waals surface area contributed by atoms with Crippen molar-refractivity contribution in [1.82, 2.24) is 9.88 Å². The summed E-state index contributed by atoms with van der Waals surface area (Å²) in [6.45, 7) is 8.65. The van der Waals surface area contributed by atoms with Crippen LogP contribution in [0.25, 0.3) is 10.9 Å². The molecule has 1 N–H and O–H groups in total. The van der Waals surface area contributed by atoms with Crippen LogP contribution in [0.3, 0.4) is 0 Å². The number of hydrogen-bond donors (Lipinski definition) is 1. The van der Waals surface area contributed by atoms with Gasteiger partial charge in [-0.25, -0.2) is 0 Å². The number of rotatable bonds is 3. The summed E-state index contributed by atoms with van der Waals surface area (Å²) in [4.78, 5) is 18.5. The summed E-state index contributed by atoms with van der Waals surface area (Å²) in [5.41, 5.74) is 5.06. The number of allylic oxidation sites excluding steroid dienone is 1. The summed E-state index contributed by atoms with van der Waals surface area (Å²) >= 11 is 0. The topological polar surface area (TPSA) is 45.3 Å². The van der Waals surface area contributed by atoms with E-state index in [9.17, 15) is 4.79 Å². The fourth-order valence-corrected chi connectivity index (χ4v) is 4.87. The lowest BCUT2D eigenvalue weighted by Gasteiger charge is -2.42. The van der Waals surface area contributed by atoms with Crippen LogP contribution in [0.4, 0.5) is 0 Å². The number of carbonyl (C=O) groups excluding carboxylic acids is 1. The first-order valence-electron chi connectivity index (χ1n) is 9.25. The lowest BCUT2D eigenvalue weighted by atomic mass is 9.76. The van der Waals surface area contributed by atoms with Crippen molar-refractivity contribution in [3.63, 3.8) is 0 Å². The molecule has 25 heavy (non-hydrogen) atoms. The highest BCUT2D eigenvalue weighted by Crippen LogP contribution is 2.51. The van der Waals surface area contributed by atoms with Crippen molar-refractivity contribution >= 4 is 16.9 Å². The normalized spacial score (nSPS) is 27.5. The van der Waals surface area contributed by atoms with E-state index in [1.807, 2.05) is 6.92 Å². The van der Waals surface area contributed by atoms with E-state index in [1.165, 1.54) is 27.7 Å². The number of nitrogens with zero attached hydrogens (tertiary/aromatic N) is 1. The standard InChI is InChI=1S/C21H26N2O2/c1-4-14-13-23-11-10-16-15-8-6-7-9-18(15)22-20(16)21(23,3)17(14)12-19(24)25-5-2/h4,6-9,17,22H,5,10-13H2,1-3H3/b14-4-/t17-,21+/m0/s1. The van der Waals surface area contributed by atoms with Crippen LogP contribution in [-0.4, -0.2) is 35.5 Å². The summed E-state index contributed by atoms with van der Waals surface area (Å²) in [6.07, 6.45) is 3.68. The third-order valence-electron chi connectivity index (χ3n) is 6.15. The van der Waals surface area contributed by atoms with E-state index >= 15 is 0 Å². The monoisotopic (exact) mass is 338 g/mol. The van der Waals surface area contributed by atoms with Crippen molar-refractivity contribution in [3.8, 4) is 0 Å². The van der Waals surface area contributed by atoms with Gasteiger partial charge in [-0.2, -0.15) is 0 Å². The maximum Gasteiger partial charge on any atom is 0.306 e. The number of H-pyrrole nitrogens is 1. The highest BCUT2D eigenvalue weighted by atomic mass is 16.5. The number of nitrogens with one attached hydrogen (secondary N) is 1. The Kier molecular flexibility index (Phi) is 3.95. The zero-order chi connectivity index (χ0) is 17.6. The molecule has 0 radical (unpaired) electrons. The van der Waals surface area contributed by atoms with Crippen LogP contribution >= 0.6 is 0 Å². The predicted molar refractivity (Wildman–Crippen MR) is 99.4 cm³/mol. The summed E-state index contributed by atoms with van der Waals surface area (Å²) in [6, 6.07) is 8.53. The fourth-order valence-electron chi connectivity index (χ4n) is 4.87. The Morgan fingerprint density at radius 1 is 1.44 bits per heavy atom. The first-order chi connectivity index (χ1) is 12.1. The van der Waals surface area contributed by atoms with Gasteiger partial charge < -0.3 is 9.72 Å². The molecule has 0 bridgehead atoms. The molecule has 0 unspecified atom stereocenters. The molecule has 4 nitrogen and oxygen atoms in total. The van der Waals surface area contributed by atoms with Gasteiger partial charge in [0.25, 0.3) is 0 Å². The molecule has 0 amide bonds. The molecule has 2 aliphatic heterocycles. The highest BCUT2D eigenvalue weighted by molar-refractivity contribution is 5.85. The van der Waals surface area contributed by atoms with Gasteiger partial charge in [0.05, 0.1) is 18.6 Å². The largest absolute Gasteiger partial charge is 0.466 e. The number of fused-ring (bicyclic) bond motifs is 5. The third kappa shape index (κ3) is 2.35. The van der Waals surface area contributed by atoms with Crippen LogP contribution in [0.15, 0.2) is 35.9 Å². The van der Waals surface area contributed by atoms with Gasteiger partial charge in [0, 0.05) is 35.6 Å². The second kappa shape index (κ2) is 6.03. The van der Waals surface area contributed by atoms with Crippen LogP contribution in [0, 0.1) is 5.92 Å². The molecule has 2 aliphatic rings. The van der Waals surface area contributed by atoms with Crippen LogP contribution in [0.5, 0.6) is 0 Å². The van der Waals surface area contributed by atoms with Gasteiger partial charge in [-0.1, -0.05) is 29.8 Å². The second-order valence-corrected chi connectivity index (χ2v) is 7.27. The Hall–Kier alpha value is -2.07. The maximum absolute atomic E-state index is 12.3. The maximum atomic E-state index is 12.3. The first-order valence-corrected chi connectivity index (χ1v) is 9.25. The second-order valence-electron chi connectivity index (χ2n) is 7.27. The summed E-state index contributed by atoms with van der Waals surface area (Å²) in [5.74, 6) is 0.0572. The lowest BCUT2D eigenvalue weighted by molar-refractivity contribution is -0.144. The molecule has 1 aromatic carbocycles. The molecule has 0 saturated carbocycles. The van der Waals surface area contributed by atoms with Gasteiger partial charge in [-0.05, 0) is 38.8 Å². The number of para-hydroxylation sites is 1. The Morgan fingerprint density at radius 2 is 2.24 bits per heavy atom. The van der Waals surface area contributed by atoms with Crippen LogP contribution in [0.2, 0.25) is 0 Å². The Morgan fingerprint density at radius 3 is 3.00 bits per heavy atom. The average molecular weight is 338 g/mol. The first kappa shape index (κ1) is 16.4. The molecule has 4 rings (SSSR count). The minimum atomic E-state index is -0.179. The van der Waals surface area contributed by atoms with Crippen molar-refractivity contribution in [2.75, 3.05) is 19.7 Å². The molecule has 2 atom stereocenters. The number of aromatic amines is 1. The third-order valence-corrected chi connectivity index (χ3v) is 6.15. The smallest absolute Gasteiger partial charge is 0.306 e. The molecule has 1 aromatic heterocycles. The van der Waals surface area contributed by atoms with Gasteiger partial charge in [0.1, 0.15) is 0 Å². The van der Waals surface area contributed by atoms with Crippen molar-refractivity contribution < 1.29 is 9.53 Å². The van der Waals surface area contributed by atoms with Crippen LogP contribution in [-0.2, 0) is 21.5 Å². The zero-order valence-electron chi connectivity index (χ0n) is 15.3. The van der Waals surface area contributed by atoms with E-state index in [0.29, 0.717) is 13.0 Å². The molecule has 1 saturated heterocycles. The predicted octanol–water partition coefficient (Wildman–Crippen LogP) is 3.77. The molecule has 2 aromatic rings. The van der Waals surface area contributed by atoms with Gasteiger partial charge in [-0.15, -0.1) is 0 Å². The van der Waals surface area contributed by atoms with E-state index < -0.39 is 0 Å². The molecule has 0 aliphatic carbocycles. The van der Waals surface area contributed by atoms with Crippen molar-refractivity contribution in [2.24, 2.45) is 5.92 Å². The molecular weight excluding hydrogens is 312 g/mol. The Labute approximate surface area is 148 Å². The molecule has 0 spiro atoms. The average Bonchev–Trinajstić information content (AvgIpc) is 3.12. The summed E-state index contributed by atoms with van der Waals surface area (Å²) in [5, 5.41) is 1.32. The van der Waals surface area contributed by atoms with E-state index in [4.69, 9.17) is 4.74 Å². The van der Waals surface area contributed by atoms with Gasteiger partial charge >= 0.3 is 5.97 Å². The van der Waals surface area contributed by atoms with Crippen molar-refractivity contribution in [2.45, 2.75) is 39.2 Å². The molecule has 3 heterocycles. The number of carbonyl (C=O) groups is 1. The quantitative estimate of drug-likeness (QED) is 0.684. The number of hydrogen-bond acceptors (Lipinski definition) is 3. The minimum Gasteiger partial charge on any atom is -0.466 e. The highest BCUT2D eigenvalue weighted by Gasteiger charge is 2.53. The molecular formula is C21H26N2O2. The van der Waals surface area contributed by atoms with Crippen LogP contribution in [0.1, 0.15) is 38.4 Å². The number of esters is 1. The van der Waals surface area contributed by atoms with Crippen molar-refractivity contribution in [1.29, 1.82) is 0 Å². The number of benzene rings is 1. The molecule has 1 fully saturated rings. The van der Waals surface area contributed by atoms with E-state index in [0.717, 1.165) is 19.5 Å². The molecule has 4 heteroatoms. The SMILES string of the molecule is C/C=C1/CN2CCc3c([nH]c4ccccc34)[C@@]2(C)[C@H]1CC(=O)OCC. The Bertz CT molecular complexity index is 851. The van der Waals surface area contributed by atoms with Gasteiger partial charge in [0.2, 0.25) is 0 Å². The van der Waals surface area contributed by atoms with Crippen molar-refractivity contribution in [3.05, 3.63) is 47.2 Å². The number of aromatic nitrogens is 1. The van der Waals surface area contributed by atoms with Crippen LogP contribution < -0.4 is 0 Å². The van der Waals surface area contributed by atoms with Gasteiger partial charge in [0.15, 0.2) is 0 Å². The number of ether oxygens (including phenoxy) is 1. The minimum absolute atomic E-state index is 0.0989. The lowest BCUT2D eigenvalue weighted by Crippen LogP contribution is -2.48. The van der Waals surface area contributed by atoms with E-state index in [-0.39, 0.29) is 17.4 Å². The van der Waals surface area contributed by atoms with E-state index in [1.54, 1.807) is 0 Å². The van der Waals surface area contributed by atoms with E-state index in [2.05, 4.69) is 54.1 Å². The summed E-state index contributed by atoms with van der Waals surface area (Å²) in [7, 11) is 0. The van der Waals surface area contributed by atoms with Gasteiger partial charge in [-0.3, -0.25) is 9.69 Å². The fraction of sp³-hybridized carbons (Fsp3) is 0.476. The molecule has 132 valence electrons. The zero-order valence-corrected chi connectivity index (χ0v) is 15.3.